The highest BCUT2D eigenvalue weighted by Crippen LogP contribution is 2.48. The van der Waals surface area contributed by atoms with E-state index in [1.165, 1.54) is 0 Å². The molecule has 8 rings (SSSR count). The number of hydrogen-bond acceptors (Lipinski definition) is 11. The molecule has 0 amide bonds. The first-order valence-electron chi connectivity index (χ1n) is 18.6. The third kappa shape index (κ3) is 7.78. The molecule has 1 fully saturated rings. The summed E-state index contributed by atoms with van der Waals surface area (Å²) in [6.45, 7) is 1.69. The maximum atomic E-state index is 14.1. The molecule has 11 heteroatoms. The zero-order valence-corrected chi connectivity index (χ0v) is 31.0. The number of aliphatic imine (C=N–C) groups is 1. The minimum atomic E-state index is -1.27. The molecule has 2 aliphatic heterocycles. The first-order valence-corrected chi connectivity index (χ1v) is 18.6. The number of para-hydroxylation sites is 2. The summed E-state index contributed by atoms with van der Waals surface area (Å²) in [5.41, 5.74) is 3.12. The number of rotatable bonds is 10. The fraction of sp³-hybridized carbons (Fsp3) is 0.174. The first kappa shape index (κ1) is 37.0. The zero-order valence-electron chi connectivity index (χ0n) is 31.0. The van der Waals surface area contributed by atoms with Gasteiger partial charge < -0.3 is 23.8 Å². The van der Waals surface area contributed by atoms with Crippen LogP contribution in [-0.4, -0.2) is 64.7 Å². The molecule has 1 saturated heterocycles. The van der Waals surface area contributed by atoms with E-state index in [9.17, 15) is 14.4 Å². The molecular formula is C46H38N4O7. The zero-order chi connectivity index (χ0) is 39.2. The molecule has 4 aromatic carbocycles. The van der Waals surface area contributed by atoms with Gasteiger partial charge in [-0.05, 0) is 79.7 Å². The van der Waals surface area contributed by atoms with Gasteiger partial charge in [0.25, 0.3) is 0 Å². The number of benzene rings is 4. The molecule has 0 aliphatic carbocycles. The lowest BCUT2D eigenvalue weighted by molar-refractivity contribution is -0.0461. The summed E-state index contributed by atoms with van der Waals surface area (Å²) in [6.07, 6.45) is -1.03. The van der Waals surface area contributed by atoms with Crippen LogP contribution >= 0.6 is 0 Å². The molecule has 0 spiro atoms. The Hall–Kier alpha value is -6.98. The molecular weight excluding hydrogens is 721 g/mol. The molecule has 0 N–H and O–H groups in total. The summed E-state index contributed by atoms with van der Waals surface area (Å²) in [6, 6.07) is 44.5. The van der Waals surface area contributed by atoms with E-state index in [0.29, 0.717) is 34.0 Å². The smallest absolute Gasteiger partial charge is 0.338 e. The summed E-state index contributed by atoms with van der Waals surface area (Å²) in [5.74, 6) is -1.93. The number of carbonyl (C=O) groups is 3. The van der Waals surface area contributed by atoms with E-state index in [0.717, 1.165) is 0 Å². The number of nitrogens with zero attached hydrogens (tertiary/aromatic N) is 4. The lowest BCUT2D eigenvalue weighted by Gasteiger charge is -2.46. The molecule has 2 aliphatic rings. The highest BCUT2D eigenvalue weighted by molar-refractivity contribution is 6.03. The number of ether oxygens (including phenoxy) is 4. The van der Waals surface area contributed by atoms with Gasteiger partial charge in [-0.25, -0.2) is 19.4 Å². The predicted octanol–water partition coefficient (Wildman–Crippen LogP) is 7.76. The van der Waals surface area contributed by atoms with E-state index < -0.39 is 48.0 Å². The van der Waals surface area contributed by atoms with E-state index in [4.69, 9.17) is 28.9 Å². The van der Waals surface area contributed by atoms with Crippen molar-refractivity contribution >= 4 is 35.0 Å². The standard InChI is InChI=1S/C46H38N4O7/c1-46(39-26-14-16-28-48-39)29-36(34-23-13-15-27-47-34)49-35-24-11-12-25-37(35)50(46)42-41(57-45(53)33-21-9-4-10-22-33)40(56-44(52)32-19-7-3-8-20-32)38(55-42)30-54-43(51)31-17-5-2-6-18-31/h2-28,38,40-42H,29-30H2,1H3/t38-,40-,41-,42-,46?/m1/s1. The summed E-state index contributed by atoms with van der Waals surface area (Å²) < 4.78 is 25.5. The van der Waals surface area contributed by atoms with Gasteiger partial charge in [0.05, 0.1) is 50.7 Å². The maximum absolute atomic E-state index is 14.1. The van der Waals surface area contributed by atoms with Crippen LogP contribution in [-0.2, 0) is 24.5 Å². The van der Waals surface area contributed by atoms with Crippen molar-refractivity contribution < 1.29 is 33.3 Å². The molecule has 11 nitrogen and oxygen atoms in total. The summed E-state index contributed by atoms with van der Waals surface area (Å²) in [7, 11) is 0. The van der Waals surface area contributed by atoms with Crippen molar-refractivity contribution in [2.45, 2.75) is 43.4 Å². The Kier molecular flexibility index (Phi) is 10.6. The molecule has 0 bridgehead atoms. The fourth-order valence-electron chi connectivity index (χ4n) is 7.28. The van der Waals surface area contributed by atoms with Gasteiger partial charge in [0.2, 0.25) is 0 Å². The normalized spacial score (nSPS) is 21.4. The van der Waals surface area contributed by atoms with Crippen LogP contribution in [0.1, 0.15) is 55.8 Å². The Morgan fingerprint density at radius 2 is 1.19 bits per heavy atom. The lowest BCUT2D eigenvalue weighted by Crippen LogP contribution is -2.56. The van der Waals surface area contributed by atoms with E-state index >= 15 is 0 Å². The number of pyridine rings is 2. The van der Waals surface area contributed by atoms with Gasteiger partial charge in [-0.3, -0.25) is 9.97 Å². The number of carbonyl (C=O) groups excluding carboxylic acids is 3. The molecule has 2 aromatic heterocycles. The second-order valence-corrected chi connectivity index (χ2v) is 13.8. The molecule has 0 radical (unpaired) electrons. The maximum Gasteiger partial charge on any atom is 0.338 e. The van der Waals surface area contributed by atoms with Crippen LogP contribution < -0.4 is 4.90 Å². The Balaban J connectivity index is 1.28. The average molecular weight is 759 g/mol. The highest BCUT2D eigenvalue weighted by Gasteiger charge is 2.57. The van der Waals surface area contributed by atoms with Gasteiger partial charge in [0.1, 0.15) is 12.7 Å². The van der Waals surface area contributed by atoms with Crippen molar-refractivity contribution in [1.82, 2.24) is 9.97 Å². The van der Waals surface area contributed by atoms with Crippen LogP contribution in [0.4, 0.5) is 11.4 Å². The molecule has 6 aromatic rings. The molecule has 1 unspecified atom stereocenters. The van der Waals surface area contributed by atoms with E-state index in [1.54, 1.807) is 103 Å². The second-order valence-electron chi connectivity index (χ2n) is 13.8. The van der Waals surface area contributed by atoms with Crippen molar-refractivity contribution in [3.63, 3.8) is 0 Å². The van der Waals surface area contributed by atoms with Crippen LogP contribution in [0.5, 0.6) is 0 Å². The Morgan fingerprint density at radius 3 is 1.79 bits per heavy atom. The Labute approximate surface area is 329 Å². The number of anilines is 1. The third-order valence-electron chi connectivity index (χ3n) is 10.1. The van der Waals surface area contributed by atoms with Crippen molar-refractivity contribution in [2.24, 2.45) is 4.99 Å². The van der Waals surface area contributed by atoms with Crippen molar-refractivity contribution in [3.8, 4) is 0 Å². The van der Waals surface area contributed by atoms with E-state index in [1.807, 2.05) is 72.5 Å². The highest BCUT2D eigenvalue weighted by atomic mass is 16.7. The van der Waals surface area contributed by atoms with Crippen molar-refractivity contribution in [2.75, 3.05) is 11.5 Å². The molecule has 284 valence electrons. The third-order valence-corrected chi connectivity index (χ3v) is 10.1. The number of hydrogen-bond donors (Lipinski definition) is 0. The molecule has 0 saturated carbocycles. The monoisotopic (exact) mass is 758 g/mol. The van der Waals surface area contributed by atoms with E-state index in [-0.39, 0.29) is 24.2 Å². The molecule has 4 heterocycles. The molecule has 5 atom stereocenters. The quantitative estimate of drug-likeness (QED) is 0.101. The SMILES string of the molecule is CC1(c2ccccn2)CC(c2ccccn2)=Nc2ccccc2N1[C@@H]1O[C@H](COC(=O)c2ccccc2)[C@@H](OC(=O)c2ccccc2)[C@H]1OC(=O)c1ccccc1. The lowest BCUT2D eigenvalue weighted by atomic mass is 9.86. The van der Waals surface area contributed by atoms with Crippen molar-refractivity contribution in [3.05, 3.63) is 192 Å². The van der Waals surface area contributed by atoms with Crippen LogP contribution in [0.3, 0.4) is 0 Å². The minimum absolute atomic E-state index is 0.279. The summed E-state index contributed by atoms with van der Waals surface area (Å²) >= 11 is 0. The van der Waals surface area contributed by atoms with Gasteiger partial charge in [-0.1, -0.05) is 78.9 Å². The van der Waals surface area contributed by atoms with Gasteiger partial charge >= 0.3 is 17.9 Å². The van der Waals surface area contributed by atoms with Crippen LogP contribution in [0.15, 0.2) is 169 Å². The van der Waals surface area contributed by atoms with Gasteiger partial charge in [0.15, 0.2) is 18.4 Å². The number of esters is 3. The van der Waals surface area contributed by atoms with Gasteiger partial charge in [-0.2, -0.15) is 0 Å². The number of aromatic nitrogens is 2. The van der Waals surface area contributed by atoms with Gasteiger partial charge in [-0.15, -0.1) is 0 Å². The van der Waals surface area contributed by atoms with Gasteiger partial charge in [0, 0.05) is 18.8 Å². The second kappa shape index (κ2) is 16.4. The van der Waals surface area contributed by atoms with Crippen LogP contribution in [0.25, 0.3) is 0 Å². The van der Waals surface area contributed by atoms with Crippen LogP contribution in [0, 0.1) is 0 Å². The van der Waals surface area contributed by atoms with Crippen LogP contribution in [0.2, 0.25) is 0 Å². The Bertz CT molecular complexity index is 2370. The van der Waals surface area contributed by atoms with Crippen molar-refractivity contribution in [1.29, 1.82) is 0 Å². The largest absolute Gasteiger partial charge is 0.459 e. The summed E-state index contributed by atoms with van der Waals surface area (Å²) in [4.78, 5) is 58.0. The average Bonchev–Trinajstić information content (AvgIpc) is 3.51. The summed E-state index contributed by atoms with van der Waals surface area (Å²) in [5, 5.41) is 0. The minimum Gasteiger partial charge on any atom is -0.459 e. The van der Waals surface area contributed by atoms with E-state index in [2.05, 4.69) is 4.98 Å². The fourth-order valence-corrected chi connectivity index (χ4v) is 7.28. The number of fused-ring (bicyclic) bond motifs is 1. The first-order chi connectivity index (χ1) is 27.9. The molecule has 57 heavy (non-hydrogen) atoms. The Morgan fingerprint density at radius 1 is 0.649 bits per heavy atom. The predicted molar refractivity (Wildman–Crippen MR) is 212 cm³/mol. The topological polar surface area (TPSA) is 130 Å².